The molecule has 0 fully saturated rings. The third kappa shape index (κ3) is 4.51. The molecule has 0 atom stereocenters. The Labute approximate surface area is 64.7 Å². The number of hydrogen-bond acceptors (Lipinski definition) is 5. The summed E-state index contributed by atoms with van der Waals surface area (Å²) in [6.07, 6.45) is 0.866. The second kappa shape index (κ2) is 4.09. The predicted octanol–water partition coefficient (Wildman–Crippen LogP) is -0.351. The first kappa shape index (κ1) is 10.1. The van der Waals surface area contributed by atoms with Crippen molar-refractivity contribution in [1.82, 2.24) is 0 Å². The van der Waals surface area contributed by atoms with E-state index in [1.807, 2.05) is 0 Å². The molecule has 0 spiro atoms. The number of carbonyl (C=O) groups is 1. The number of ether oxygens (including phenoxy) is 1. The van der Waals surface area contributed by atoms with Gasteiger partial charge in [-0.15, -0.1) is 0 Å². The van der Waals surface area contributed by atoms with Gasteiger partial charge >= 0.3 is 16.1 Å². The van der Waals surface area contributed by atoms with Gasteiger partial charge in [-0.1, -0.05) is 6.58 Å². The van der Waals surface area contributed by atoms with Crippen LogP contribution in [0.4, 0.5) is 0 Å². The summed E-state index contributed by atoms with van der Waals surface area (Å²) >= 11 is 0. The van der Waals surface area contributed by atoms with Gasteiger partial charge in [0.15, 0.2) is 0 Å². The van der Waals surface area contributed by atoms with Crippen LogP contribution in [0.5, 0.6) is 0 Å². The molecule has 0 unspecified atom stereocenters. The van der Waals surface area contributed by atoms with Gasteiger partial charge in [0, 0.05) is 6.08 Å². The molecule has 5 nitrogen and oxygen atoms in total. The molecule has 64 valence electrons. The van der Waals surface area contributed by atoms with Crippen molar-refractivity contribution in [2.75, 3.05) is 13.0 Å². The van der Waals surface area contributed by atoms with Gasteiger partial charge in [-0.3, -0.25) is 4.18 Å². The molecule has 0 aromatic rings. The van der Waals surface area contributed by atoms with Gasteiger partial charge in [0.2, 0.25) is 5.94 Å². The normalized spacial score (nSPS) is 10.6. The van der Waals surface area contributed by atoms with E-state index in [-0.39, 0.29) is 0 Å². The van der Waals surface area contributed by atoms with Crippen molar-refractivity contribution in [2.45, 2.75) is 0 Å². The summed E-state index contributed by atoms with van der Waals surface area (Å²) < 4.78 is 29.1. The Bertz CT molecular complexity index is 240. The number of carbonyl (C=O) groups excluding carboxylic acids is 1. The van der Waals surface area contributed by atoms with Gasteiger partial charge in [-0.25, -0.2) is 4.79 Å². The van der Waals surface area contributed by atoms with Gasteiger partial charge in [-0.2, -0.15) is 8.42 Å². The largest absolute Gasteiger partial charge is 0.444 e. The zero-order chi connectivity index (χ0) is 8.91. The highest BCUT2D eigenvalue weighted by molar-refractivity contribution is 7.86. The molecule has 0 bridgehead atoms. The fourth-order valence-electron chi connectivity index (χ4n) is 0.237. The molecule has 11 heavy (non-hydrogen) atoms. The van der Waals surface area contributed by atoms with Crippen molar-refractivity contribution < 1.29 is 22.1 Å². The smallest absolute Gasteiger partial charge is 0.331 e. The molecular formula is C5H8O5S. The first-order chi connectivity index (χ1) is 5.02. The Kier molecular flexibility index (Phi) is 3.77. The average molecular weight is 180 g/mol. The minimum Gasteiger partial charge on any atom is -0.444 e. The lowest BCUT2D eigenvalue weighted by atomic mass is 10.7. The Hall–Kier alpha value is -0.880. The highest BCUT2D eigenvalue weighted by atomic mass is 32.2. The Balaban J connectivity index is 3.90. The summed E-state index contributed by atoms with van der Waals surface area (Å²) in [4.78, 5) is 10.3. The Morgan fingerprint density at radius 3 is 2.55 bits per heavy atom. The Morgan fingerprint density at radius 2 is 2.18 bits per heavy atom. The SMILES string of the molecule is C=CC(=O)OCS(=O)(=O)OC. The van der Waals surface area contributed by atoms with Crippen molar-refractivity contribution in [3.05, 3.63) is 12.7 Å². The summed E-state index contributed by atoms with van der Waals surface area (Å²) in [6, 6.07) is 0. The van der Waals surface area contributed by atoms with Crippen molar-refractivity contribution >= 4 is 16.1 Å². The highest BCUT2D eigenvalue weighted by Gasteiger charge is 2.10. The predicted molar refractivity (Wildman–Crippen MR) is 37.1 cm³/mol. The van der Waals surface area contributed by atoms with Crippen molar-refractivity contribution in [3.8, 4) is 0 Å². The second-order valence-electron chi connectivity index (χ2n) is 1.51. The zero-order valence-corrected chi connectivity index (χ0v) is 6.76. The van der Waals surface area contributed by atoms with Crippen molar-refractivity contribution in [2.24, 2.45) is 0 Å². The van der Waals surface area contributed by atoms with Crippen LogP contribution in [-0.2, 0) is 23.8 Å². The van der Waals surface area contributed by atoms with E-state index in [9.17, 15) is 13.2 Å². The number of rotatable bonds is 4. The number of hydrogen-bond donors (Lipinski definition) is 0. The lowest BCUT2D eigenvalue weighted by Crippen LogP contribution is -2.13. The van der Waals surface area contributed by atoms with Gasteiger partial charge < -0.3 is 4.74 Å². The fraction of sp³-hybridized carbons (Fsp3) is 0.400. The van der Waals surface area contributed by atoms with Crippen molar-refractivity contribution in [1.29, 1.82) is 0 Å². The Morgan fingerprint density at radius 1 is 1.64 bits per heavy atom. The first-order valence-electron chi connectivity index (χ1n) is 2.59. The molecular weight excluding hydrogens is 172 g/mol. The molecule has 0 radical (unpaired) electrons. The minimum atomic E-state index is -3.72. The first-order valence-corrected chi connectivity index (χ1v) is 4.17. The van der Waals surface area contributed by atoms with E-state index in [2.05, 4.69) is 15.5 Å². The van der Waals surface area contributed by atoms with E-state index in [1.165, 1.54) is 0 Å². The third-order valence-corrected chi connectivity index (χ3v) is 1.68. The zero-order valence-electron chi connectivity index (χ0n) is 5.94. The van der Waals surface area contributed by atoms with Crippen LogP contribution in [0.15, 0.2) is 12.7 Å². The van der Waals surface area contributed by atoms with Crippen LogP contribution in [0.3, 0.4) is 0 Å². The highest BCUT2D eigenvalue weighted by Crippen LogP contribution is 1.91. The summed E-state index contributed by atoms with van der Waals surface area (Å²) in [5.41, 5.74) is 0. The van der Waals surface area contributed by atoms with Crippen LogP contribution in [-0.4, -0.2) is 27.4 Å². The van der Waals surface area contributed by atoms with E-state index in [0.29, 0.717) is 0 Å². The monoisotopic (exact) mass is 180 g/mol. The lowest BCUT2D eigenvalue weighted by Gasteiger charge is -2.00. The van der Waals surface area contributed by atoms with E-state index < -0.39 is 22.0 Å². The van der Waals surface area contributed by atoms with E-state index in [0.717, 1.165) is 13.2 Å². The van der Waals surface area contributed by atoms with Gasteiger partial charge in [0.25, 0.3) is 0 Å². The standard InChI is InChI=1S/C5H8O5S/c1-3-5(6)10-4-11(7,8)9-2/h3H,1,4H2,2H3. The summed E-state index contributed by atoms with van der Waals surface area (Å²) in [7, 11) is -2.73. The summed E-state index contributed by atoms with van der Waals surface area (Å²) in [6.45, 7) is 3.08. The summed E-state index contributed by atoms with van der Waals surface area (Å²) in [5.74, 6) is -1.58. The molecule has 0 rings (SSSR count). The molecule has 0 N–H and O–H groups in total. The third-order valence-electron chi connectivity index (χ3n) is 0.766. The minimum absolute atomic E-state index is 0.783. The summed E-state index contributed by atoms with van der Waals surface area (Å²) in [5, 5.41) is 0. The quantitative estimate of drug-likeness (QED) is 0.336. The maximum atomic E-state index is 10.5. The van der Waals surface area contributed by atoms with Crippen molar-refractivity contribution in [3.63, 3.8) is 0 Å². The van der Waals surface area contributed by atoms with Crippen LogP contribution in [0.25, 0.3) is 0 Å². The molecule has 6 heteroatoms. The van der Waals surface area contributed by atoms with Gasteiger partial charge in [0.05, 0.1) is 7.11 Å². The van der Waals surface area contributed by atoms with Crippen LogP contribution >= 0.6 is 0 Å². The molecule has 0 aromatic heterocycles. The van der Waals surface area contributed by atoms with Gasteiger partial charge in [0.1, 0.15) is 0 Å². The fourth-order valence-corrected chi connectivity index (χ4v) is 0.594. The van der Waals surface area contributed by atoms with E-state index in [1.54, 1.807) is 0 Å². The van der Waals surface area contributed by atoms with Crippen LogP contribution < -0.4 is 0 Å². The molecule has 0 saturated carbocycles. The average Bonchev–Trinajstić information content (AvgIpc) is 2.00. The van der Waals surface area contributed by atoms with Crippen LogP contribution in [0.2, 0.25) is 0 Å². The van der Waals surface area contributed by atoms with Crippen LogP contribution in [0, 0.1) is 0 Å². The molecule has 0 heterocycles. The number of esters is 1. The molecule has 0 aliphatic carbocycles. The van der Waals surface area contributed by atoms with E-state index >= 15 is 0 Å². The maximum absolute atomic E-state index is 10.5. The molecule has 0 aliphatic rings. The van der Waals surface area contributed by atoms with Crippen LogP contribution in [0.1, 0.15) is 0 Å². The molecule has 0 amide bonds. The molecule has 0 aliphatic heterocycles. The molecule has 0 saturated heterocycles. The lowest BCUT2D eigenvalue weighted by molar-refractivity contribution is -0.135. The van der Waals surface area contributed by atoms with Gasteiger partial charge in [-0.05, 0) is 0 Å². The maximum Gasteiger partial charge on any atom is 0.331 e. The van der Waals surface area contributed by atoms with E-state index in [4.69, 9.17) is 0 Å². The second-order valence-corrected chi connectivity index (χ2v) is 3.19. The molecule has 0 aromatic carbocycles. The topological polar surface area (TPSA) is 69.7 Å².